The largest absolute Gasteiger partial charge is 0.416 e. The van der Waals surface area contributed by atoms with Crippen LogP contribution in [0.25, 0.3) is 0 Å². The van der Waals surface area contributed by atoms with Gasteiger partial charge < -0.3 is 0 Å². The van der Waals surface area contributed by atoms with Crippen molar-refractivity contribution in [2.24, 2.45) is 0 Å². The highest BCUT2D eigenvalue weighted by atomic mass is 19.4. The van der Waals surface area contributed by atoms with Crippen LogP contribution in [0.3, 0.4) is 0 Å². The summed E-state index contributed by atoms with van der Waals surface area (Å²) in [4.78, 5) is 0. The molecule has 0 spiro atoms. The predicted octanol–water partition coefficient (Wildman–Crippen LogP) is 5.86. The normalized spacial score (nSPS) is 13.2. The standard InChI is InChI=1S/C15H8F8/c16-13(17,9-3-1-5-11(7-9)14(18,19)20)10-4-2-6-12(8-10)15(21,22)23/h1-8H. The van der Waals surface area contributed by atoms with Crippen LogP contribution < -0.4 is 0 Å². The van der Waals surface area contributed by atoms with E-state index in [1.165, 1.54) is 0 Å². The molecule has 0 saturated carbocycles. The highest BCUT2D eigenvalue weighted by Gasteiger charge is 2.39. The van der Waals surface area contributed by atoms with Crippen LogP contribution in [0.15, 0.2) is 48.5 Å². The molecule has 0 saturated heterocycles. The summed E-state index contributed by atoms with van der Waals surface area (Å²) in [5, 5.41) is 0. The Morgan fingerprint density at radius 3 is 1.09 bits per heavy atom. The lowest BCUT2D eigenvalue weighted by molar-refractivity contribution is -0.138. The van der Waals surface area contributed by atoms with Gasteiger partial charge in [0.25, 0.3) is 5.92 Å². The zero-order valence-corrected chi connectivity index (χ0v) is 11.1. The van der Waals surface area contributed by atoms with Gasteiger partial charge in [-0.05, 0) is 24.3 Å². The Morgan fingerprint density at radius 2 is 0.783 bits per heavy atom. The molecule has 0 atom stereocenters. The van der Waals surface area contributed by atoms with Crippen molar-refractivity contribution in [1.82, 2.24) is 0 Å². The van der Waals surface area contributed by atoms with Gasteiger partial charge in [0.1, 0.15) is 0 Å². The van der Waals surface area contributed by atoms with Gasteiger partial charge in [0.15, 0.2) is 0 Å². The number of alkyl halides is 8. The van der Waals surface area contributed by atoms with Crippen LogP contribution in [0.1, 0.15) is 22.3 Å². The Labute approximate surface area is 125 Å². The summed E-state index contributed by atoms with van der Waals surface area (Å²) in [5.74, 6) is -4.00. The van der Waals surface area contributed by atoms with Gasteiger partial charge in [0.2, 0.25) is 0 Å². The number of hydrogen-bond donors (Lipinski definition) is 0. The third kappa shape index (κ3) is 3.62. The summed E-state index contributed by atoms with van der Waals surface area (Å²) in [6.07, 6.45) is -9.67. The predicted molar refractivity (Wildman–Crippen MR) is 65.9 cm³/mol. The fourth-order valence-corrected chi connectivity index (χ4v) is 1.95. The fourth-order valence-electron chi connectivity index (χ4n) is 1.95. The molecule has 0 heterocycles. The van der Waals surface area contributed by atoms with Gasteiger partial charge in [-0.3, -0.25) is 0 Å². The average Bonchev–Trinajstić information content (AvgIpc) is 2.46. The van der Waals surface area contributed by atoms with E-state index >= 15 is 0 Å². The summed E-state index contributed by atoms with van der Waals surface area (Å²) in [7, 11) is 0. The minimum atomic E-state index is -4.83. The van der Waals surface area contributed by atoms with Gasteiger partial charge in [0, 0.05) is 11.1 Å². The number of rotatable bonds is 2. The highest BCUT2D eigenvalue weighted by molar-refractivity contribution is 5.38. The lowest BCUT2D eigenvalue weighted by atomic mass is 9.97. The molecule has 0 radical (unpaired) electrons. The van der Waals surface area contributed by atoms with E-state index in [1.54, 1.807) is 0 Å². The first-order valence-electron chi connectivity index (χ1n) is 6.15. The molecular weight excluding hydrogens is 332 g/mol. The molecule has 0 amide bonds. The van der Waals surface area contributed by atoms with Crippen molar-refractivity contribution in [3.63, 3.8) is 0 Å². The van der Waals surface area contributed by atoms with Crippen molar-refractivity contribution in [2.45, 2.75) is 18.3 Å². The molecular formula is C15H8F8. The van der Waals surface area contributed by atoms with E-state index < -0.39 is 40.5 Å². The van der Waals surface area contributed by atoms with Crippen LogP contribution in [0, 0.1) is 0 Å². The van der Waals surface area contributed by atoms with E-state index in [0.29, 0.717) is 12.1 Å². The van der Waals surface area contributed by atoms with Gasteiger partial charge in [0.05, 0.1) is 11.1 Å². The van der Waals surface area contributed by atoms with E-state index in [-0.39, 0.29) is 12.1 Å². The molecule has 0 bridgehead atoms. The van der Waals surface area contributed by atoms with Crippen molar-refractivity contribution in [3.05, 3.63) is 70.8 Å². The van der Waals surface area contributed by atoms with Crippen LogP contribution in [0.5, 0.6) is 0 Å². The van der Waals surface area contributed by atoms with E-state index in [2.05, 4.69) is 0 Å². The molecule has 0 nitrogen and oxygen atoms in total. The molecule has 2 rings (SSSR count). The molecule has 2 aromatic carbocycles. The van der Waals surface area contributed by atoms with E-state index in [4.69, 9.17) is 0 Å². The summed E-state index contributed by atoms with van der Waals surface area (Å²) in [6, 6.07) is 4.67. The van der Waals surface area contributed by atoms with Crippen LogP contribution in [0.4, 0.5) is 35.1 Å². The third-order valence-corrected chi connectivity index (χ3v) is 3.10. The maximum atomic E-state index is 14.3. The molecule has 2 aromatic rings. The molecule has 0 aliphatic rings. The molecule has 23 heavy (non-hydrogen) atoms. The quantitative estimate of drug-likeness (QED) is 0.600. The second-order valence-corrected chi connectivity index (χ2v) is 4.73. The molecule has 0 unspecified atom stereocenters. The molecule has 0 aliphatic carbocycles. The Bertz CT molecular complexity index is 638. The maximum Gasteiger partial charge on any atom is 0.416 e. The van der Waals surface area contributed by atoms with Crippen LogP contribution in [0.2, 0.25) is 0 Å². The minimum absolute atomic E-state index is 0.222. The SMILES string of the molecule is FC(F)(F)c1cccc(C(F)(F)c2cccc(C(F)(F)F)c2)c1. The molecule has 0 fully saturated rings. The molecule has 0 aliphatic heterocycles. The Balaban J connectivity index is 2.51. The summed E-state index contributed by atoms with van der Waals surface area (Å²) >= 11 is 0. The molecule has 0 aromatic heterocycles. The van der Waals surface area contributed by atoms with Crippen molar-refractivity contribution in [2.75, 3.05) is 0 Å². The van der Waals surface area contributed by atoms with Crippen LogP contribution in [-0.2, 0) is 18.3 Å². The van der Waals surface area contributed by atoms with Gasteiger partial charge in [-0.2, -0.15) is 35.1 Å². The lowest BCUT2D eigenvalue weighted by Gasteiger charge is -2.20. The van der Waals surface area contributed by atoms with Crippen LogP contribution in [-0.4, -0.2) is 0 Å². The van der Waals surface area contributed by atoms with E-state index in [1.807, 2.05) is 0 Å². The molecule has 8 heteroatoms. The van der Waals surface area contributed by atoms with Crippen molar-refractivity contribution in [1.29, 1.82) is 0 Å². The van der Waals surface area contributed by atoms with Gasteiger partial charge in [-0.15, -0.1) is 0 Å². The van der Waals surface area contributed by atoms with Crippen molar-refractivity contribution in [3.8, 4) is 0 Å². The smallest absolute Gasteiger partial charge is 0.196 e. The number of hydrogen-bond acceptors (Lipinski definition) is 0. The Kier molecular flexibility index (Phi) is 4.13. The second kappa shape index (κ2) is 5.50. The lowest BCUT2D eigenvalue weighted by Crippen LogP contribution is -2.18. The molecule has 0 N–H and O–H groups in total. The zero-order chi connectivity index (χ0) is 17.5. The number of halogens is 8. The van der Waals surface area contributed by atoms with Crippen LogP contribution >= 0.6 is 0 Å². The van der Waals surface area contributed by atoms with Crippen molar-refractivity contribution < 1.29 is 35.1 Å². The maximum absolute atomic E-state index is 14.3. The van der Waals surface area contributed by atoms with E-state index in [0.717, 1.165) is 24.3 Å². The summed E-state index contributed by atoms with van der Waals surface area (Å²) in [6.45, 7) is 0. The Morgan fingerprint density at radius 1 is 0.478 bits per heavy atom. The van der Waals surface area contributed by atoms with Gasteiger partial charge in [-0.1, -0.05) is 24.3 Å². The zero-order valence-electron chi connectivity index (χ0n) is 11.1. The average molecular weight is 340 g/mol. The second-order valence-electron chi connectivity index (χ2n) is 4.73. The van der Waals surface area contributed by atoms with Crippen molar-refractivity contribution >= 4 is 0 Å². The van der Waals surface area contributed by atoms with E-state index in [9.17, 15) is 35.1 Å². The highest BCUT2D eigenvalue weighted by Crippen LogP contribution is 2.40. The first-order valence-corrected chi connectivity index (χ1v) is 6.15. The first kappa shape index (κ1) is 17.2. The van der Waals surface area contributed by atoms with Gasteiger partial charge >= 0.3 is 12.4 Å². The first-order chi connectivity index (χ1) is 10.4. The van der Waals surface area contributed by atoms with Gasteiger partial charge in [-0.25, -0.2) is 0 Å². The fraction of sp³-hybridized carbons (Fsp3) is 0.200. The monoisotopic (exact) mass is 340 g/mol. The molecule has 124 valence electrons. The Hall–Kier alpha value is -2.12. The summed E-state index contributed by atoms with van der Waals surface area (Å²) in [5.41, 5.74) is -4.68. The third-order valence-electron chi connectivity index (χ3n) is 3.10. The topological polar surface area (TPSA) is 0 Å². The number of benzene rings is 2. The minimum Gasteiger partial charge on any atom is -0.196 e. The summed E-state index contributed by atoms with van der Waals surface area (Å²) < 4.78 is 104.